The fourth-order valence-corrected chi connectivity index (χ4v) is 2.09. The molecule has 0 atom stereocenters. The van der Waals surface area contributed by atoms with Crippen LogP contribution in [-0.2, 0) is 5.41 Å². The Labute approximate surface area is 119 Å². The maximum atomic E-state index is 6.15. The fraction of sp³-hybridized carbons (Fsp3) is 0.375. The van der Waals surface area contributed by atoms with Gasteiger partial charge in [0, 0.05) is 17.0 Å². The van der Waals surface area contributed by atoms with Crippen molar-refractivity contribution in [2.24, 2.45) is 0 Å². The molecule has 0 aliphatic carbocycles. The van der Waals surface area contributed by atoms with Crippen LogP contribution in [0.2, 0.25) is 5.15 Å². The molecule has 2 rings (SSSR count). The van der Waals surface area contributed by atoms with E-state index in [0.717, 1.165) is 17.1 Å². The molecule has 1 heterocycles. The second-order valence-electron chi connectivity index (χ2n) is 5.97. The van der Waals surface area contributed by atoms with Crippen LogP contribution in [0.4, 0.5) is 0 Å². The van der Waals surface area contributed by atoms with Crippen LogP contribution >= 0.6 is 11.6 Å². The molecule has 2 nitrogen and oxygen atoms in total. The third-order valence-corrected chi connectivity index (χ3v) is 3.23. The Morgan fingerprint density at radius 1 is 1.00 bits per heavy atom. The van der Waals surface area contributed by atoms with Gasteiger partial charge < -0.3 is 0 Å². The maximum absolute atomic E-state index is 6.15. The zero-order valence-corrected chi connectivity index (χ0v) is 12.8. The van der Waals surface area contributed by atoms with E-state index >= 15 is 0 Å². The zero-order valence-electron chi connectivity index (χ0n) is 12.1. The minimum absolute atomic E-state index is 0.114. The van der Waals surface area contributed by atoms with Gasteiger partial charge in [0.2, 0.25) is 0 Å². The molecule has 0 saturated carbocycles. The van der Waals surface area contributed by atoms with Crippen LogP contribution in [0.5, 0.6) is 0 Å². The summed E-state index contributed by atoms with van der Waals surface area (Å²) in [6, 6.07) is 8.18. The predicted octanol–water partition coefficient (Wildman–Crippen LogP) is 4.71. The van der Waals surface area contributed by atoms with E-state index in [9.17, 15) is 0 Å². The summed E-state index contributed by atoms with van der Waals surface area (Å²) in [5, 5.41) is 0.496. The Morgan fingerprint density at radius 2 is 1.68 bits per heavy atom. The highest BCUT2D eigenvalue weighted by Crippen LogP contribution is 2.27. The first kappa shape index (κ1) is 14.0. The largest absolute Gasteiger partial charge is 0.232 e. The van der Waals surface area contributed by atoms with Crippen molar-refractivity contribution in [3.05, 3.63) is 46.4 Å². The molecule has 0 unspecified atom stereocenters. The van der Waals surface area contributed by atoms with Crippen molar-refractivity contribution in [1.29, 1.82) is 0 Å². The van der Waals surface area contributed by atoms with Gasteiger partial charge in [-0.05, 0) is 25.5 Å². The molecule has 1 aromatic heterocycles. The minimum atomic E-state index is -0.114. The minimum Gasteiger partial charge on any atom is -0.232 e. The van der Waals surface area contributed by atoms with Crippen molar-refractivity contribution in [2.75, 3.05) is 0 Å². The van der Waals surface area contributed by atoms with E-state index in [1.54, 1.807) is 0 Å². The average Bonchev–Trinajstić information content (AvgIpc) is 2.30. The van der Waals surface area contributed by atoms with E-state index in [-0.39, 0.29) is 5.41 Å². The van der Waals surface area contributed by atoms with Crippen LogP contribution < -0.4 is 0 Å². The Balaban J connectivity index is 2.63. The van der Waals surface area contributed by atoms with E-state index < -0.39 is 0 Å². The number of aromatic nitrogens is 2. The summed E-state index contributed by atoms with van der Waals surface area (Å²) in [5.41, 5.74) is 4.31. The van der Waals surface area contributed by atoms with E-state index in [1.165, 1.54) is 11.1 Å². The van der Waals surface area contributed by atoms with Crippen molar-refractivity contribution in [3.8, 4) is 11.3 Å². The quantitative estimate of drug-likeness (QED) is 0.704. The number of rotatable bonds is 1. The van der Waals surface area contributed by atoms with Gasteiger partial charge in [-0.15, -0.1) is 0 Å². The van der Waals surface area contributed by atoms with Gasteiger partial charge in [-0.25, -0.2) is 9.97 Å². The molecule has 1 aromatic carbocycles. The van der Waals surface area contributed by atoms with E-state index in [1.807, 2.05) is 6.07 Å². The van der Waals surface area contributed by atoms with Gasteiger partial charge >= 0.3 is 0 Å². The summed E-state index contributed by atoms with van der Waals surface area (Å²) >= 11 is 6.15. The molecular weight excluding hydrogens is 256 g/mol. The molecule has 0 aliphatic heterocycles. The molecule has 19 heavy (non-hydrogen) atoms. The van der Waals surface area contributed by atoms with E-state index in [2.05, 4.69) is 62.8 Å². The lowest BCUT2D eigenvalue weighted by Crippen LogP contribution is -2.16. The van der Waals surface area contributed by atoms with Crippen LogP contribution in [0.3, 0.4) is 0 Å². The standard InChI is InChI=1S/C16H19ClN2/c1-10-6-7-11(2)12(8-10)13-9-14(17)19-15(18-13)16(3,4)5/h6-9H,1-5H3. The molecule has 0 spiro atoms. The van der Waals surface area contributed by atoms with Crippen molar-refractivity contribution in [3.63, 3.8) is 0 Å². The second kappa shape index (κ2) is 4.93. The molecule has 0 radical (unpaired) electrons. The van der Waals surface area contributed by atoms with Gasteiger partial charge in [-0.1, -0.05) is 50.1 Å². The average molecular weight is 275 g/mol. The van der Waals surface area contributed by atoms with Crippen molar-refractivity contribution in [1.82, 2.24) is 9.97 Å². The van der Waals surface area contributed by atoms with Crippen LogP contribution in [0.1, 0.15) is 37.7 Å². The van der Waals surface area contributed by atoms with Gasteiger partial charge in [0.1, 0.15) is 11.0 Å². The SMILES string of the molecule is Cc1ccc(C)c(-c2cc(Cl)nc(C(C)(C)C)n2)c1. The summed E-state index contributed by atoms with van der Waals surface area (Å²) in [5.74, 6) is 0.774. The topological polar surface area (TPSA) is 25.8 Å². The first-order valence-electron chi connectivity index (χ1n) is 6.40. The van der Waals surface area contributed by atoms with Crippen molar-refractivity contribution >= 4 is 11.6 Å². The zero-order chi connectivity index (χ0) is 14.2. The van der Waals surface area contributed by atoms with E-state index in [0.29, 0.717) is 5.15 Å². The Bertz CT molecular complexity index is 613. The summed E-state index contributed by atoms with van der Waals surface area (Å²) in [6.45, 7) is 10.4. The van der Waals surface area contributed by atoms with Crippen LogP contribution in [0.15, 0.2) is 24.3 Å². The Kier molecular flexibility index (Phi) is 3.64. The number of hydrogen-bond donors (Lipinski definition) is 0. The van der Waals surface area contributed by atoms with Gasteiger partial charge in [0.25, 0.3) is 0 Å². The maximum Gasteiger partial charge on any atom is 0.136 e. The lowest BCUT2D eigenvalue weighted by molar-refractivity contribution is 0.546. The molecule has 100 valence electrons. The third-order valence-electron chi connectivity index (χ3n) is 3.03. The van der Waals surface area contributed by atoms with Crippen molar-refractivity contribution in [2.45, 2.75) is 40.0 Å². The van der Waals surface area contributed by atoms with E-state index in [4.69, 9.17) is 11.6 Å². The summed E-state index contributed by atoms with van der Waals surface area (Å²) < 4.78 is 0. The molecule has 2 aromatic rings. The van der Waals surface area contributed by atoms with Crippen LogP contribution in [-0.4, -0.2) is 9.97 Å². The Hall–Kier alpha value is -1.41. The molecule has 0 amide bonds. The first-order chi connectivity index (χ1) is 8.77. The molecule has 0 bridgehead atoms. The van der Waals surface area contributed by atoms with Crippen molar-refractivity contribution < 1.29 is 0 Å². The first-order valence-corrected chi connectivity index (χ1v) is 6.78. The third kappa shape index (κ3) is 3.13. The molecule has 0 N–H and O–H groups in total. The lowest BCUT2D eigenvalue weighted by atomic mass is 9.95. The van der Waals surface area contributed by atoms with Gasteiger partial charge in [0.05, 0.1) is 5.69 Å². The normalized spacial score (nSPS) is 11.7. The summed E-state index contributed by atoms with van der Waals surface area (Å²) in [6.07, 6.45) is 0. The fourth-order valence-electron chi connectivity index (χ4n) is 1.90. The van der Waals surface area contributed by atoms with Crippen LogP contribution in [0.25, 0.3) is 11.3 Å². The highest BCUT2D eigenvalue weighted by Gasteiger charge is 2.19. The molecule has 0 saturated heterocycles. The number of aryl methyl sites for hydroxylation is 2. The predicted molar refractivity (Wildman–Crippen MR) is 80.7 cm³/mol. The van der Waals surface area contributed by atoms with Crippen LogP contribution in [0, 0.1) is 13.8 Å². The molecule has 0 fully saturated rings. The summed E-state index contributed by atoms with van der Waals surface area (Å²) in [7, 11) is 0. The highest BCUT2D eigenvalue weighted by molar-refractivity contribution is 6.29. The summed E-state index contributed by atoms with van der Waals surface area (Å²) in [4.78, 5) is 9.02. The number of benzene rings is 1. The lowest BCUT2D eigenvalue weighted by Gasteiger charge is -2.18. The Morgan fingerprint density at radius 3 is 2.32 bits per heavy atom. The van der Waals surface area contributed by atoms with Gasteiger partial charge in [0.15, 0.2) is 0 Å². The monoisotopic (exact) mass is 274 g/mol. The molecular formula is C16H19ClN2. The highest BCUT2D eigenvalue weighted by atomic mass is 35.5. The number of halogens is 1. The second-order valence-corrected chi connectivity index (χ2v) is 6.36. The molecule has 0 aliphatic rings. The van der Waals surface area contributed by atoms with Gasteiger partial charge in [-0.2, -0.15) is 0 Å². The smallest absolute Gasteiger partial charge is 0.136 e. The van der Waals surface area contributed by atoms with Gasteiger partial charge in [-0.3, -0.25) is 0 Å². The molecule has 3 heteroatoms. The number of nitrogens with zero attached hydrogens (tertiary/aromatic N) is 2. The number of hydrogen-bond acceptors (Lipinski definition) is 2.